The van der Waals surface area contributed by atoms with Gasteiger partial charge in [0.15, 0.2) is 0 Å². The monoisotopic (exact) mass is 156 g/mol. The van der Waals surface area contributed by atoms with E-state index in [9.17, 15) is 0 Å². The van der Waals surface area contributed by atoms with Crippen LogP contribution in [0.4, 0.5) is 0 Å². The molecule has 0 aromatic carbocycles. The highest BCUT2D eigenvalue weighted by molar-refractivity contribution is 7.78. The molecule has 0 aromatic heterocycles. The molecule has 1 aliphatic heterocycles. The summed E-state index contributed by atoms with van der Waals surface area (Å²) in [6.45, 7) is 2.29. The molecule has 10 heavy (non-hydrogen) atoms. The van der Waals surface area contributed by atoms with E-state index in [2.05, 4.69) is 34.3 Å². The van der Waals surface area contributed by atoms with Crippen LogP contribution in [0, 0.1) is 0 Å². The van der Waals surface area contributed by atoms with Gasteiger partial charge in [-0.25, -0.2) is 4.99 Å². The molecule has 0 bridgehead atoms. The Morgan fingerprint density at radius 3 is 2.60 bits per heavy atom. The summed E-state index contributed by atoms with van der Waals surface area (Å²) in [5.74, 6) is 0. The van der Waals surface area contributed by atoms with Crippen molar-refractivity contribution in [3.8, 4) is 0 Å². The van der Waals surface area contributed by atoms with E-state index in [1.54, 1.807) is 0 Å². The summed E-state index contributed by atoms with van der Waals surface area (Å²) < 4.78 is 0. The summed E-state index contributed by atoms with van der Waals surface area (Å²) in [5.41, 5.74) is 0. The van der Waals surface area contributed by atoms with Gasteiger partial charge < -0.3 is 4.90 Å². The van der Waals surface area contributed by atoms with Crippen LogP contribution >= 0.6 is 12.2 Å². The number of piperidine rings is 1. The van der Waals surface area contributed by atoms with E-state index < -0.39 is 0 Å². The second-order valence-corrected chi connectivity index (χ2v) is 2.94. The zero-order valence-electron chi connectivity index (χ0n) is 6.21. The highest BCUT2D eigenvalue weighted by Gasteiger charge is 2.14. The van der Waals surface area contributed by atoms with Crippen LogP contribution in [0.15, 0.2) is 4.99 Å². The first-order valence-corrected chi connectivity index (χ1v) is 3.99. The van der Waals surface area contributed by atoms with Crippen LogP contribution in [0.2, 0.25) is 0 Å². The Hall–Kier alpha value is -0.240. The summed E-state index contributed by atoms with van der Waals surface area (Å²) in [5, 5.41) is 2.44. The van der Waals surface area contributed by atoms with E-state index in [0.29, 0.717) is 6.04 Å². The van der Waals surface area contributed by atoms with Crippen LogP contribution in [0.1, 0.15) is 12.8 Å². The first kappa shape index (κ1) is 7.86. The fourth-order valence-electron chi connectivity index (χ4n) is 1.20. The highest BCUT2D eigenvalue weighted by atomic mass is 32.1. The van der Waals surface area contributed by atoms with Gasteiger partial charge in [0.2, 0.25) is 0 Å². The van der Waals surface area contributed by atoms with Crippen molar-refractivity contribution in [2.24, 2.45) is 4.99 Å². The van der Waals surface area contributed by atoms with Crippen LogP contribution in [-0.2, 0) is 0 Å². The Morgan fingerprint density at radius 2 is 2.10 bits per heavy atom. The Morgan fingerprint density at radius 1 is 1.50 bits per heavy atom. The lowest BCUT2D eigenvalue weighted by Crippen LogP contribution is -2.31. The van der Waals surface area contributed by atoms with Crippen molar-refractivity contribution >= 4 is 17.4 Å². The number of likely N-dealkylation sites (tertiary alicyclic amines) is 1. The molecular formula is C7H12N2S. The number of hydrogen-bond acceptors (Lipinski definition) is 3. The van der Waals surface area contributed by atoms with Gasteiger partial charge in [0.1, 0.15) is 0 Å². The van der Waals surface area contributed by atoms with Gasteiger partial charge in [-0.1, -0.05) is 0 Å². The molecule has 1 rings (SSSR count). The zero-order chi connectivity index (χ0) is 7.40. The summed E-state index contributed by atoms with van der Waals surface area (Å²) >= 11 is 4.53. The Bertz CT molecular complexity index is 144. The first-order valence-electron chi connectivity index (χ1n) is 3.58. The SMILES string of the molecule is CN1CCC(N=C=S)CC1. The van der Waals surface area contributed by atoms with Crippen molar-refractivity contribution in [3.05, 3.63) is 0 Å². The van der Waals surface area contributed by atoms with E-state index in [0.717, 1.165) is 25.9 Å². The van der Waals surface area contributed by atoms with Gasteiger partial charge >= 0.3 is 0 Å². The van der Waals surface area contributed by atoms with Crippen molar-refractivity contribution in [1.82, 2.24) is 4.90 Å². The minimum Gasteiger partial charge on any atom is -0.306 e. The fourth-order valence-corrected chi connectivity index (χ4v) is 1.35. The molecule has 0 aliphatic carbocycles. The molecule has 0 aromatic rings. The molecule has 0 saturated carbocycles. The maximum absolute atomic E-state index is 4.53. The summed E-state index contributed by atoms with van der Waals surface area (Å²) in [7, 11) is 2.14. The zero-order valence-corrected chi connectivity index (χ0v) is 7.02. The minimum absolute atomic E-state index is 0.452. The van der Waals surface area contributed by atoms with E-state index in [1.165, 1.54) is 0 Å². The molecular weight excluding hydrogens is 144 g/mol. The van der Waals surface area contributed by atoms with Crippen LogP contribution in [0.25, 0.3) is 0 Å². The Balaban J connectivity index is 2.32. The van der Waals surface area contributed by atoms with E-state index in [1.807, 2.05) is 0 Å². The minimum atomic E-state index is 0.452. The molecule has 0 unspecified atom stereocenters. The number of rotatable bonds is 1. The number of aliphatic imine (C=N–C) groups is 1. The van der Waals surface area contributed by atoms with Gasteiger partial charge in [0, 0.05) is 0 Å². The third-order valence-corrected chi connectivity index (χ3v) is 2.03. The van der Waals surface area contributed by atoms with E-state index in [-0.39, 0.29) is 0 Å². The normalized spacial score (nSPS) is 22.1. The predicted octanol–water partition coefficient (Wildman–Crippen LogP) is 1.18. The predicted molar refractivity (Wildman–Crippen MR) is 45.5 cm³/mol. The molecule has 1 saturated heterocycles. The molecule has 0 amide bonds. The van der Waals surface area contributed by atoms with Gasteiger partial charge in [0.05, 0.1) is 11.2 Å². The summed E-state index contributed by atoms with van der Waals surface area (Å²) in [6.07, 6.45) is 2.28. The quantitative estimate of drug-likeness (QED) is 0.418. The fraction of sp³-hybridized carbons (Fsp3) is 0.857. The Labute approximate surface area is 66.9 Å². The second kappa shape index (κ2) is 3.81. The molecule has 0 spiro atoms. The van der Waals surface area contributed by atoms with Gasteiger partial charge in [-0.05, 0) is 45.2 Å². The average Bonchev–Trinajstić information content (AvgIpc) is 1.95. The number of hydrogen-bond donors (Lipinski definition) is 0. The highest BCUT2D eigenvalue weighted by Crippen LogP contribution is 2.10. The molecule has 1 aliphatic rings. The second-order valence-electron chi connectivity index (χ2n) is 2.75. The number of nitrogens with zero attached hydrogens (tertiary/aromatic N) is 2. The molecule has 1 fully saturated rings. The van der Waals surface area contributed by atoms with Gasteiger partial charge in [-0.2, -0.15) is 0 Å². The third-order valence-electron chi connectivity index (χ3n) is 1.92. The molecule has 3 heteroatoms. The summed E-state index contributed by atoms with van der Waals surface area (Å²) in [4.78, 5) is 6.37. The van der Waals surface area contributed by atoms with Crippen molar-refractivity contribution in [2.45, 2.75) is 18.9 Å². The molecule has 0 radical (unpaired) electrons. The average molecular weight is 156 g/mol. The summed E-state index contributed by atoms with van der Waals surface area (Å²) in [6, 6.07) is 0.452. The smallest absolute Gasteiger partial charge is 0.0627 e. The Kier molecular flexibility index (Phi) is 3.00. The van der Waals surface area contributed by atoms with Gasteiger partial charge in [-0.15, -0.1) is 0 Å². The molecule has 0 atom stereocenters. The first-order chi connectivity index (χ1) is 4.83. The van der Waals surface area contributed by atoms with Crippen LogP contribution in [-0.4, -0.2) is 36.2 Å². The maximum atomic E-state index is 4.53. The topological polar surface area (TPSA) is 15.6 Å². The van der Waals surface area contributed by atoms with Crippen LogP contribution in [0.3, 0.4) is 0 Å². The third kappa shape index (κ3) is 2.18. The van der Waals surface area contributed by atoms with Crippen LogP contribution < -0.4 is 0 Å². The largest absolute Gasteiger partial charge is 0.306 e. The standard InChI is InChI=1S/C7H12N2S/c1-9-4-2-7(3-5-9)8-6-10/h7H,2-5H2,1H3. The van der Waals surface area contributed by atoms with Gasteiger partial charge in [-0.3, -0.25) is 0 Å². The van der Waals surface area contributed by atoms with Crippen LogP contribution in [0.5, 0.6) is 0 Å². The maximum Gasteiger partial charge on any atom is 0.0627 e. The molecule has 0 N–H and O–H groups in total. The van der Waals surface area contributed by atoms with Crippen molar-refractivity contribution in [2.75, 3.05) is 20.1 Å². The molecule has 1 heterocycles. The van der Waals surface area contributed by atoms with Crippen molar-refractivity contribution < 1.29 is 0 Å². The number of thiocarbonyl (C=S) groups is 1. The lowest BCUT2D eigenvalue weighted by atomic mass is 10.1. The molecule has 56 valence electrons. The van der Waals surface area contributed by atoms with E-state index >= 15 is 0 Å². The van der Waals surface area contributed by atoms with E-state index in [4.69, 9.17) is 0 Å². The van der Waals surface area contributed by atoms with Gasteiger partial charge in [0.25, 0.3) is 0 Å². The lowest BCUT2D eigenvalue weighted by molar-refractivity contribution is 0.257. The lowest BCUT2D eigenvalue weighted by Gasteiger charge is -2.25. The van der Waals surface area contributed by atoms with Crippen molar-refractivity contribution in [1.29, 1.82) is 0 Å². The van der Waals surface area contributed by atoms with Crippen molar-refractivity contribution in [3.63, 3.8) is 0 Å². The molecule has 2 nitrogen and oxygen atoms in total. The number of isothiocyanates is 1.